The van der Waals surface area contributed by atoms with E-state index in [9.17, 15) is 9.59 Å². The molecular formula is C36H41BrClN4O2P. The van der Waals surface area contributed by atoms with E-state index in [-0.39, 0.29) is 17.7 Å². The molecule has 3 aliphatic heterocycles. The minimum absolute atomic E-state index is 0.188. The highest BCUT2D eigenvalue weighted by Gasteiger charge is 2.37. The van der Waals surface area contributed by atoms with Gasteiger partial charge in [0.05, 0.1) is 12.2 Å². The van der Waals surface area contributed by atoms with Crippen LogP contribution < -0.4 is 10.2 Å². The summed E-state index contributed by atoms with van der Waals surface area (Å²) in [6.07, 6.45) is 9.31. The van der Waals surface area contributed by atoms with Crippen molar-refractivity contribution in [3.8, 4) is 0 Å². The zero-order valence-corrected chi connectivity index (χ0v) is 29.2. The fourth-order valence-electron chi connectivity index (χ4n) is 8.16. The third-order valence-electron chi connectivity index (χ3n) is 10.6. The Morgan fingerprint density at radius 3 is 2.44 bits per heavy atom. The van der Waals surface area contributed by atoms with Crippen molar-refractivity contribution in [1.29, 1.82) is 0 Å². The number of aryl methyl sites for hydroxylation is 2. The lowest BCUT2D eigenvalue weighted by atomic mass is 9.76. The third kappa shape index (κ3) is 6.61. The second kappa shape index (κ2) is 13.4. The summed E-state index contributed by atoms with van der Waals surface area (Å²) in [6, 6.07) is 14.7. The van der Waals surface area contributed by atoms with Crippen molar-refractivity contribution in [3.05, 3.63) is 86.1 Å². The SMILES string of the molecule is O=C(CC1CCN(CC(=O)N2CCc3ccccc32)CC1)N1CCC(C2c3ncc(P)cc3CCc3cc(Cl)cc(Br)c32)CC1. The monoisotopic (exact) mass is 706 g/mol. The lowest BCUT2D eigenvalue weighted by Crippen LogP contribution is -2.44. The average molecular weight is 708 g/mol. The Labute approximate surface area is 282 Å². The minimum atomic E-state index is 0.188. The molecule has 4 heterocycles. The topological polar surface area (TPSA) is 56.8 Å². The molecule has 1 aromatic heterocycles. The number of para-hydroxylation sites is 1. The van der Waals surface area contributed by atoms with Gasteiger partial charge in [-0.05, 0) is 122 Å². The molecule has 2 aromatic carbocycles. The van der Waals surface area contributed by atoms with Crippen LogP contribution in [0, 0.1) is 11.8 Å². The predicted molar refractivity (Wildman–Crippen MR) is 188 cm³/mol. The molecule has 2 unspecified atom stereocenters. The number of hydrogen-bond donors (Lipinski definition) is 0. The molecule has 0 radical (unpaired) electrons. The number of nitrogens with zero attached hydrogens (tertiary/aromatic N) is 4. The van der Waals surface area contributed by atoms with E-state index in [2.05, 4.69) is 59.2 Å². The number of halogens is 2. The summed E-state index contributed by atoms with van der Waals surface area (Å²) in [6.45, 7) is 4.59. The molecule has 236 valence electrons. The first kappa shape index (κ1) is 31.3. The Hall–Kier alpha value is -2.31. The summed E-state index contributed by atoms with van der Waals surface area (Å²) < 4.78 is 1.07. The molecule has 6 nitrogen and oxygen atoms in total. The van der Waals surface area contributed by atoms with Crippen LogP contribution in [0.25, 0.3) is 0 Å². The summed E-state index contributed by atoms with van der Waals surface area (Å²) in [5.41, 5.74) is 7.47. The van der Waals surface area contributed by atoms with Crippen LogP contribution in [0.3, 0.4) is 0 Å². The molecule has 2 atom stereocenters. The highest BCUT2D eigenvalue weighted by molar-refractivity contribution is 9.10. The van der Waals surface area contributed by atoms with Crippen LogP contribution in [0.5, 0.6) is 0 Å². The van der Waals surface area contributed by atoms with Crippen molar-refractivity contribution in [1.82, 2.24) is 14.8 Å². The second-order valence-corrected chi connectivity index (χ2v) is 15.3. The van der Waals surface area contributed by atoms with Crippen molar-refractivity contribution < 1.29 is 9.59 Å². The molecule has 1 aliphatic carbocycles. The van der Waals surface area contributed by atoms with Crippen molar-refractivity contribution in [2.45, 2.75) is 57.3 Å². The van der Waals surface area contributed by atoms with Crippen LogP contribution in [-0.4, -0.2) is 65.9 Å². The molecule has 0 bridgehead atoms. The number of anilines is 1. The van der Waals surface area contributed by atoms with Crippen LogP contribution in [-0.2, 0) is 28.9 Å². The zero-order chi connectivity index (χ0) is 31.1. The molecule has 4 aliphatic rings. The maximum Gasteiger partial charge on any atom is 0.241 e. The van der Waals surface area contributed by atoms with Crippen molar-refractivity contribution in [2.24, 2.45) is 11.8 Å². The van der Waals surface area contributed by atoms with E-state index in [0.717, 1.165) is 98.2 Å². The van der Waals surface area contributed by atoms with Gasteiger partial charge >= 0.3 is 0 Å². The van der Waals surface area contributed by atoms with Crippen LogP contribution in [0.1, 0.15) is 66.0 Å². The summed E-state index contributed by atoms with van der Waals surface area (Å²) >= 11 is 10.4. The van der Waals surface area contributed by atoms with Crippen LogP contribution in [0.4, 0.5) is 5.69 Å². The number of piperidine rings is 2. The number of rotatable bonds is 5. The Morgan fingerprint density at radius 2 is 1.64 bits per heavy atom. The fourth-order valence-corrected chi connectivity index (χ4v) is 9.55. The first-order chi connectivity index (χ1) is 21.8. The van der Waals surface area contributed by atoms with E-state index >= 15 is 0 Å². The molecule has 9 heteroatoms. The summed E-state index contributed by atoms with van der Waals surface area (Å²) in [5.74, 6) is 1.47. The number of likely N-dealkylation sites (tertiary alicyclic amines) is 2. The molecular weight excluding hydrogens is 667 g/mol. The molecule has 0 saturated carbocycles. The van der Waals surface area contributed by atoms with Gasteiger partial charge in [-0.3, -0.25) is 19.5 Å². The molecule has 2 amide bonds. The Kier molecular flexibility index (Phi) is 9.34. The van der Waals surface area contributed by atoms with Gasteiger partial charge in [0, 0.05) is 53.4 Å². The Bertz CT molecular complexity index is 1600. The van der Waals surface area contributed by atoms with Gasteiger partial charge in [-0.1, -0.05) is 45.7 Å². The van der Waals surface area contributed by atoms with Crippen LogP contribution in [0.15, 0.2) is 53.1 Å². The summed E-state index contributed by atoms with van der Waals surface area (Å²) in [4.78, 5) is 37.9. The van der Waals surface area contributed by atoms with Crippen molar-refractivity contribution >= 4 is 59.6 Å². The van der Waals surface area contributed by atoms with E-state index in [1.807, 2.05) is 29.3 Å². The molecule has 45 heavy (non-hydrogen) atoms. The van der Waals surface area contributed by atoms with Gasteiger partial charge < -0.3 is 9.80 Å². The lowest BCUT2D eigenvalue weighted by molar-refractivity contribution is -0.134. The molecule has 7 rings (SSSR count). The standard InChI is InChI=1S/C36H41BrClN4O2P/c37-30-20-28(38)18-26-5-6-27-19-29(45)21-39-36(27)35(34(26)30)25-9-14-41(15-10-25)32(43)17-23-7-12-40(13-8-23)22-33(44)42-16-11-24-3-1-2-4-31(24)42/h1-4,18-21,23,25,35H,5-17,22,45H2. The smallest absolute Gasteiger partial charge is 0.241 e. The maximum atomic E-state index is 13.5. The molecule has 0 N–H and O–H groups in total. The van der Waals surface area contributed by atoms with Crippen molar-refractivity contribution in [3.63, 3.8) is 0 Å². The van der Waals surface area contributed by atoms with Crippen LogP contribution in [0.2, 0.25) is 5.02 Å². The van der Waals surface area contributed by atoms with E-state index < -0.39 is 0 Å². The number of aromatic nitrogens is 1. The van der Waals surface area contributed by atoms with Gasteiger partial charge in [-0.2, -0.15) is 0 Å². The van der Waals surface area contributed by atoms with Gasteiger partial charge in [0.2, 0.25) is 11.8 Å². The van der Waals surface area contributed by atoms with Gasteiger partial charge in [0.25, 0.3) is 0 Å². The third-order valence-corrected chi connectivity index (χ3v) is 11.7. The number of fused-ring (bicyclic) bond motifs is 3. The summed E-state index contributed by atoms with van der Waals surface area (Å²) in [7, 11) is 2.79. The lowest BCUT2D eigenvalue weighted by Gasteiger charge is -2.38. The first-order valence-electron chi connectivity index (χ1n) is 16.4. The highest BCUT2D eigenvalue weighted by atomic mass is 79.9. The zero-order valence-electron chi connectivity index (χ0n) is 25.7. The van der Waals surface area contributed by atoms with E-state index in [1.165, 1.54) is 27.9 Å². The minimum Gasteiger partial charge on any atom is -0.343 e. The number of carbonyl (C=O) groups is 2. The van der Waals surface area contributed by atoms with E-state index in [1.54, 1.807) is 0 Å². The molecule has 3 aromatic rings. The second-order valence-electron chi connectivity index (χ2n) is 13.3. The number of amides is 2. The van der Waals surface area contributed by atoms with E-state index in [0.29, 0.717) is 24.8 Å². The average Bonchev–Trinajstić information content (AvgIpc) is 3.40. The predicted octanol–water partition coefficient (Wildman–Crippen LogP) is 6.16. The Balaban J connectivity index is 0.943. The Morgan fingerprint density at radius 1 is 0.889 bits per heavy atom. The van der Waals surface area contributed by atoms with Crippen molar-refractivity contribution in [2.75, 3.05) is 44.2 Å². The normalized spacial score (nSPS) is 20.8. The number of pyridine rings is 1. The highest BCUT2D eigenvalue weighted by Crippen LogP contribution is 2.46. The van der Waals surface area contributed by atoms with Gasteiger partial charge in [-0.25, -0.2) is 0 Å². The first-order valence-corrected chi connectivity index (χ1v) is 18.2. The van der Waals surface area contributed by atoms with Crippen LogP contribution >= 0.6 is 36.8 Å². The van der Waals surface area contributed by atoms with E-state index in [4.69, 9.17) is 16.6 Å². The molecule has 0 spiro atoms. The maximum absolute atomic E-state index is 13.5. The van der Waals surface area contributed by atoms with Gasteiger partial charge in [0.15, 0.2) is 0 Å². The largest absolute Gasteiger partial charge is 0.343 e. The number of hydrogen-bond acceptors (Lipinski definition) is 4. The van der Waals surface area contributed by atoms with Gasteiger partial charge in [-0.15, -0.1) is 9.24 Å². The summed E-state index contributed by atoms with van der Waals surface area (Å²) in [5, 5.41) is 1.88. The molecule has 2 fully saturated rings. The fraction of sp³-hybridized carbons (Fsp3) is 0.472. The molecule has 2 saturated heterocycles. The number of benzene rings is 2. The quantitative estimate of drug-likeness (QED) is 0.299. The number of carbonyl (C=O) groups excluding carboxylic acids is 2. The van der Waals surface area contributed by atoms with Gasteiger partial charge in [0.1, 0.15) is 0 Å².